The first-order valence-corrected chi connectivity index (χ1v) is 9.32. The summed E-state index contributed by atoms with van der Waals surface area (Å²) in [7, 11) is 1.67. The number of ether oxygens (including phenoxy) is 2. The Balaban J connectivity index is 1.70. The Bertz CT molecular complexity index is 1080. The maximum Gasteiger partial charge on any atom is 0.320 e. The normalized spacial score (nSPS) is 18.8. The van der Waals surface area contributed by atoms with Crippen molar-refractivity contribution < 1.29 is 19.1 Å². The van der Waals surface area contributed by atoms with Crippen molar-refractivity contribution in [2.45, 2.75) is 12.5 Å². The molecule has 0 aliphatic carbocycles. The summed E-state index contributed by atoms with van der Waals surface area (Å²) in [6.07, 6.45) is 0. The zero-order valence-corrected chi connectivity index (χ0v) is 16.3. The standard InChI is InChI=1S/C23H22N2O4/c1-23(14-28-13-22(24-23)25-29-15-26)20-5-3-4-17(11-20)18-7-6-16-8-9-21(27-2)12-19(16)10-18/h3-12,15H,13-14H2,1-2H3,(H,24,25). The minimum Gasteiger partial charge on any atom is -0.497 e. The molecule has 1 atom stereocenters. The molecule has 3 aromatic rings. The molecule has 0 amide bonds. The maximum atomic E-state index is 10.4. The van der Waals surface area contributed by atoms with Crippen molar-refractivity contribution in [3.05, 3.63) is 66.2 Å². The van der Waals surface area contributed by atoms with E-state index in [1.807, 2.05) is 31.2 Å². The topological polar surface area (TPSA) is 69.2 Å². The number of benzene rings is 3. The second-order valence-electron chi connectivity index (χ2n) is 7.15. The van der Waals surface area contributed by atoms with Crippen LogP contribution >= 0.6 is 0 Å². The van der Waals surface area contributed by atoms with Gasteiger partial charge in [-0.3, -0.25) is 9.79 Å². The number of amidine groups is 1. The van der Waals surface area contributed by atoms with Crippen LogP contribution in [0.3, 0.4) is 0 Å². The average Bonchev–Trinajstić information content (AvgIpc) is 2.77. The monoisotopic (exact) mass is 390 g/mol. The minimum atomic E-state index is -0.580. The molecule has 0 aromatic heterocycles. The van der Waals surface area contributed by atoms with Crippen molar-refractivity contribution in [2.75, 3.05) is 20.3 Å². The Morgan fingerprint density at radius 3 is 2.72 bits per heavy atom. The molecule has 6 nitrogen and oxygen atoms in total. The molecule has 0 bridgehead atoms. The zero-order chi connectivity index (χ0) is 20.3. The largest absolute Gasteiger partial charge is 0.497 e. The molecule has 0 radical (unpaired) electrons. The lowest BCUT2D eigenvalue weighted by Gasteiger charge is -2.31. The number of fused-ring (bicyclic) bond motifs is 1. The van der Waals surface area contributed by atoms with Crippen LogP contribution in [0.4, 0.5) is 0 Å². The lowest BCUT2D eigenvalue weighted by molar-refractivity contribution is -0.132. The Hall–Kier alpha value is -3.38. The highest BCUT2D eigenvalue weighted by Crippen LogP contribution is 2.33. The Morgan fingerprint density at radius 1 is 1.07 bits per heavy atom. The van der Waals surface area contributed by atoms with Crippen molar-refractivity contribution in [2.24, 2.45) is 4.99 Å². The van der Waals surface area contributed by atoms with Gasteiger partial charge in [-0.15, -0.1) is 0 Å². The maximum absolute atomic E-state index is 10.4. The van der Waals surface area contributed by atoms with Gasteiger partial charge in [0, 0.05) is 0 Å². The summed E-state index contributed by atoms with van der Waals surface area (Å²) >= 11 is 0. The van der Waals surface area contributed by atoms with E-state index in [1.54, 1.807) is 7.11 Å². The van der Waals surface area contributed by atoms with Crippen LogP contribution in [0.5, 0.6) is 5.75 Å². The summed E-state index contributed by atoms with van der Waals surface area (Å²) in [6.45, 7) is 3.04. The summed E-state index contributed by atoms with van der Waals surface area (Å²) in [6, 6.07) is 20.7. The molecular weight excluding hydrogens is 368 g/mol. The number of hydroxylamine groups is 1. The van der Waals surface area contributed by atoms with Gasteiger partial charge < -0.3 is 14.3 Å². The van der Waals surface area contributed by atoms with Crippen molar-refractivity contribution in [1.29, 1.82) is 0 Å². The van der Waals surface area contributed by atoms with Gasteiger partial charge in [0.1, 0.15) is 17.9 Å². The lowest BCUT2D eigenvalue weighted by Crippen LogP contribution is -2.40. The molecule has 0 spiro atoms. The molecule has 148 valence electrons. The van der Waals surface area contributed by atoms with Gasteiger partial charge in [-0.2, -0.15) is 0 Å². The number of nitrogens with zero attached hydrogens (tertiary/aromatic N) is 1. The highest BCUT2D eigenvalue weighted by Gasteiger charge is 2.31. The fraction of sp³-hybridized carbons (Fsp3) is 0.217. The first kappa shape index (κ1) is 19.0. The van der Waals surface area contributed by atoms with Crippen molar-refractivity contribution >= 4 is 23.1 Å². The summed E-state index contributed by atoms with van der Waals surface area (Å²) in [4.78, 5) is 19.7. The van der Waals surface area contributed by atoms with Crippen molar-refractivity contribution in [3.8, 4) is 16.9 Å². The Labute approximate surface area is 169 Å². The fourth-order valence-electron chi connectivity index (χ4n) is 3.57. The van der Waals surface area contributed by atoms with Crippen LogP contribution in [0.15, 0.2) is 65.7 Å². The van der Waals surface area contributed by atoms with Crippen LogP contribution in [0.25, 0.3) is 21.9 Å². The number of hydrogen-bond acceptors (Lipinski definition) is 6. The van der Waals surface area contributed by atoms with Gasteiger partial charge in [0.25, 0.3) is 0 Å². The fourth-order valence-corrected chi connectivity index (χ4v) is 3.57. The van der Waals surface area contributed by atoms with E-state index in [0.29, 0.717) is 18.9 Å². The van der Waals surface area contributed by atoms with E-state index in [2.05, 4.69) is 46.7 Å². The molecule has 4 rings (SSSR count). The van der Waals surface area contributed by atoms with Crippen LogP contribution in [-0.2, 0) is 19.9 Å². The number of carbonyl (C=O) groups is 1. The summed E-state index contributed by atoms with van der Waals surface area (Å²) in [5.74, 6) is 1.32. The van der Waals surface area contributed by atoms with Crippen LogP contribution in [0, 0.1) is 0 Å². The molecule has 1 aliphatic heterocycles. The molecule has 1 unspecified atom stereocenters. The second kappa shape index (κ2) is 7.93. The van der Waals surface area contributed by atoms with E-state index in [0.717, 1.165) is 33.2 Å². The van der Waals surface area contributed by atoms with Crippen LogP contribution in [0.2, 0.25) is 0 Å². The average molecular weight is 390 g/mol. The van der Waals surface area contributed by atoms with Gasteiger partial charge in [-0.1, -0.05) is 36.4 Å². The van der Waals surface area contributed by atoms with Gasteiger partial charge in [-0.05, 0) is 58.7 Å². The number of hydrogen-bond donors (Lipinski definition) is 1. The molecule has 0 saturated carbocycles. The van der Waals surface area contributed by atoms with Gasteiger partial charge in [0.05, 0.1) is 13.7 Å². The first-order chi connectivity index (χ1) is 14.1. The highest BCUT2D eigenvalue weighted by atomic mass is 16.7. The number of methoxy groups -OCH3 is 1. The zero-order valence-electron chi connectivity index (χ0n) is 16.3. The number of carbonyl (C=O) groups excluding carboxylic acids is 1. The van der Waals surface area contributed by atoms with E-state index in [1.165, 1.54) is 0 Å². The van der Waals surface area contributed by atoms with Crippen LogP contribution < -0.4 is 10.2 Å². The molecule has 1 N–H and O–H groups in total. The SMILES string of the molecule is COc1ccc2ccc(-c3cccc(C4(C)COCC(NOC=O)=N4)c3)cc2c1. The highest BCUT2D eigenvalue weighted by molar-refractivity contribution is 5.88. The molecule has 0 fully saturated rings. The predicted octanol–water partition coefficient (Wildman–Crippen LogP) is 3.84. The molecule has 29 heavy (non-hydrogen) atoms. The van der Waals surface area contributed by atoms with Crippen LogP contribution in [-0.4, -0.2) is 32.6 Å². The predicted molar refractivity (Wildman–Crippen MR) is 112 cm³/mol. The molecule has 1 heterocycles. The third-order valence-corrected chi connectivity index (χ3v) is 5.09. The Morgan fingerprint density at radius 2 is 1.90 bits per heavy atom. The number of aliphatic imine (C=N–C) groups is 1. The molecule has 3 aromatic carbocycles. The molecule has 6 heteroatoms. The summed E-state index contributed by atoms with van der Waals surface area (Å²) < 4.78 is 11.0. The van der Waals surface area contributed by atoms with Crippen LogP contribution in [0.1, 0.15) is 12.5 Å². The van der Waals surface area contributed by atoms with E-state index in [-0.39, 0.29) is 6.61 Å². The van der Waals surface area contributed by atoms with E-state index < -0.39 is 5.54 Å². The summed E-state index contributed by atoms with van der Waals surface area (Å²) in [5, 5.41) is 2.28. The molecule has 0 saturated heterocycles. The van der Waals surface area contributed by atoms with Gasteiger partial charge in [-0.25, -0.2) is 5.48 Å². The van der Waals surface area contributed by atoms with Crippen molar-refractivity contribution in [3.63, 3.8) is 0 Å². The second-order valence-corrected chi connectivity index (χ2v) is 7.15. The smallest absolute Gasteiger partial charge is 0.320 e. The first-order valence-electron chi connectivity index (χ1n) is 9.32. The van der Waals surface area contributed by atoms with E-state index in [9.17, 15) is 4.79 Å². The number of nitrogens with one attached hydrogen (secondary N) is 1. The number of rotatable bonds is 5. The lowest BCUT2D eigenvalue weighted by atomic mass is 9.90. The third-order valence-electron chi connectivity index (χ3n) is 5.09. The van der Waals surface area contributed by atoms with E-state index >= 15 is 0 Å². The molecular formula is C23H22N2O4. The summed E-state index contributed by atoms with van der Waals surface area (Å²) in [5.41, 5.74) is 5.16. The third kappa shape index (κ3) is 3.93. The van der Waals surface area contributed by atoms with Gasteiger partial charge in [0.15, 0.2) is 5.84 Å². The van der Waals surface area contributed by atoms with Gasteiger partial charge in [0.2, 0.25) is 0 Å². The van der Waals surface area contributed by atoms with Crippen molar-refractivity contribution in [1.82, 2.24) is 5.48 Å². The van der Waals surface area contributed by atoms with Gasteiger partial charge >= 0.3 is 6.47 Å². The molecule has 1 aliphatic rings. The minimum absolute atomic E-state index is 0.273. The Kier molecular flexibility index (Phi) is 5.18. The van der Waals surface area contributed by atoms with E-state index in [4.69, 9.17) is 14.5 Å². The quantitative estimate of drug-likeness (QED) is 0.530.